The summed E-state index contributed by atoms with van der Waals surface area (Å²) in [4.78, 5) is 12.4. The van der Waals surface area contributed by atoms with Crippen molar-refractivity contribution in [1.29, 1.82) is 0 Å². The summed E-state index contributed by atoms with van der Waals surface area (Å²) in [5.74, 6) is 0.274. The van der Waals surface area contributed by atoms with Gasteiger partial charge in [-0.05, 0) is 78.6 Å². The molecule has 0 bridgehead atoms. The summed E-state index contributed by atoms with van der Waals surface area (Å²) >= 11 is 1.18. The van der Waals surface area contributed by atoms with E-state index in [1.165, 1.54) is 40.2 Å². The van der Waals surface area contributed by atoms with Crippen LogP contribution in [-0.2, 0) is 27.7 Å². The molecule has 162 valence electrons. The number of amides is 1. The molecule has 0 unspecified atom stereocenters. The van der Waals surface area contributed by atoms with Crippen molar-refractivity contribution in [1.82, 2.24) is 0 Å². The Morgan fingerprint density at radius 3 is 2.58 bits per heavy atom. The molecule has 0 spiro atoms. The number of nitrogens with zero attached hydrogens (tertiary/aromatic N) is 1. The molecular formula is C23H24N2O4S2. The van der Waals surface area contributed by atoms with E-state index < -0.39 is 10.0 Å². The lowest BCUT2D eigenvalue weighted by Gasteiger charge is -2.20. The molecule has 1 amide bonds. The standard InChI is InChI=1S/C23H24N2O4S2/c1-25(31(27,28)23-10-5-15-30-23)18-11-13-19(14-12-18)29-16-22(26)24-21-9-4-7-17-6-2-3-8-20(17)21/h4-5,7,9-15H,2-3,6,8,16H2,1H3,(H,24,26). The van der Waals surface area contributed by atoms with Crippen molar-refractivity contribution in [2.45, 2.75) is 29.9 Å². The van der Waals surface area contributed by atoms with E-state index in [1.807, 2.05) is 12.1 Å². The lowest BCUT2D eigenvalue weighted by Crippen LogP contribution is -2.25. The number of ether oxygens (including phenoxy) is 1. The first-order valence-corrected chi connectivity index (χ1v) is 12.4. The second-order valence-corrected chi connectivity index (χ2v) is 10.5. The molecule has 1 N–H and O–H groups in total. The molecule has 1 aliphatic rings. The van der Waals surface area contributed by atoms with Gasteiger partial charge in [0.15, 0.2) is 6.61 Å². The molecule has 0 saturated carbocycles. The van der Waals surface area contributed by atoms with Crippen molar-refractivity contribution in [3.05, 3.63) is 71.1 Å². The number of carbonyl (C=O) groups is 1. The number of thiophene rings is 1. The van der Waals surface area contributed by atoms with E-state index in [1.54, 1.807) is 41.8 Å². The van der Waals surface area contributed by atoms with Crippen molar-refractivity contribution in [3.8, 4) is 5.75 Å². The highest BCUT2D eigenvalue weighted by Gasteiger charge is 2.22. The Balaban J connectivity index is 1.36. The van der Waals surface area contributed by atoms with Crippen LogP contribution in [0, 0.1) is 0 Å². The first-order chi connectivity index (χ1) is 14.9. The molecule has 3 aromatic rings. The lowest BCUT2D eigenvalue weighted by atomic mass is 9.90. The number of benzene rings is 2. The van der Waals surface area contributed by atoms with Gasteiger partial charge in [-0.25, -0.2) is 8.42 Å². The van der Waals surface area contributed by atoms with E-state index in [0.717, 1.165) is 24.9 Å². The Morgan fingerprint density at radius 2 is 1.84 bits per heavy atom. The van der Waals surface area contributed by atoms with E-state index in [0.29, 0.717) is 11.4 Å². The number of sulfonamides is 1. The minimum Gasteiger partial charge on any atom is -0.484 e. The first kappa shape index (κ1) is 21.4. The quantitative estimate of drug-likeness (QED) is 0.569. The summed E-state index contributed by atoms with van der Waals surface area (Å²) < 4.78 is 32.4. The molecule has 2 aromatic carbocycles. The van der Waals surface area contributed by atoms with Crippen LogP contribution >= 0.6 is 11.3 Å². The average Bonchev–Trinajstić information content (AvgIpc) is 3.34. The van der Waals surface area contributed by atoms with E-state index in [-0.39, 0.29) is 16.7 Å². The summed E-state index contributed by atoms with van der Waals surface area (Å²) in [6.07, 6.45) is 4.36. The van der Waals surface area contributed by atoms with E-state index >= 15 is 0 Å². The molecule has 0 saturated heterocycles. The second kappa shape index (κ2) is 9.11. The second-order valence-electron chi connectivity index (χ2n) is 7.39. The Kier molecular flexibility index (Phi) is 6.29. The molecule has 1 aliphatic carbocycles. The number of fused-ring (bicyclic) bond motifs is 1. The normalized spacial score (nSPS) is 13.3. The SMILES string of the molecule is CN(c1ccc(OCC(=O)Nc2cccc3c2CCCC3)cc1)S(=O)(=O)c1cccs1. The Hall–Kier alpha value is -2.84. The number of carbonyl (C=O) groups excluding carboxylic acids is 1. The third-order valence-electron chi connectivity index (χ3n) is 5.35. The molecule has 1 heterocycles. The number of hydrogen-bond donors (Lipinski definition) is 1. The molecule has 8 heteroatoms. The maximum absolute atomic E-state index is 12.6. The van der Waals surface area contributed by atoms with Gasteiger partial charge in [0.1, 0.15) is 9.96 Å². The summed E-state index contributed by atoms with van der Waals surface area (Å²) in [5.41, 5.74) is 3.91. The van der Waals surface area contributed by atoms with Crippen LogP contribution in [-0.4, -0.2) is 28.0 Å². The number of hydrogen-bond acceptors (Lipinski definition) is 5. The van der Waals surface area contributed by atoms with Crippen LogP contribution in [0.3, 0.4) is 0 Å². The highest BCUT2D eigenvalue weighted by Crippen LogP contribution is 2.28. The van der Waals surface area contributed by atoms with E-state index in [2.05, 4.69) is 11.4 Å². The van der Waals surface area contributed by atoms with Crippen LogP contribution < -0.4 is 14.4 Å². The van der Waals surface area contributed by atoms with Gasteiger partial charge in [-0.3, -0.25) is 9.10 Å². The topological polar surface area (TPSA) is 75.7 Å². The molecule has 31 heavy (non-hydrogen) atoms. The van der Waals surface area contributed by atoms with Crippen LogP contribution in [0.2, 0.25) is 0 Å². The largest absolute Gasteiger partial charge is 0.484 e. The number of rotatable bonds is 7. The van der Waals surface area contributed by atoms with Gasteiger partial charge in [0.25, 0.3) is 15.9 Å². The number of nitrogens with one attached hydrogen (secondary N) is 1. The fourth-order valence-electron chi connectivity index (χ4n) is 3.67. The number of anilines is 2. The average molecular weight is 457 g/mol. The van der Waals surface area contributed by atoms with Gasteiger partial charge in [0, 0.05) is 12.7 Å². The van der Waals surface area contributed by atoms with Gasteiger partial charge < -0.3 is 10.1 Å². The first-order valence-electron chi connectivity index (χ1n) is 10.1. The maximum atomic E-state index is 12.6. The van der Waals surface area contributed by atoms with Gasteiger partial charge in [-0.15, -0.1) is 11.3 Å². The Morgan fingerprint density at radius 1 is 1.06 bits per heavy atom. The summed E-state index contributed by atoms with van der Waals surface area (Å²) in [6.45, 7) is -0.119. The van der Waals surface area contributed by atoms with Gasteiger partial charge in [0.2, 0.25) is 0 Å². The predicted molar refractivity (Wildman–Crippen MR) is 124 cm³/mol. The zero-order valence-electron chi connectivity index (χ0n) is 17.2. The van der Waals surface area contributed by atoms with Gasteiger partial charge >= 0.3 is 0 Å². The summed E-state index contributed by atoms with van der Waals surface area (Å²) in [5, 5.41) is 4.69. The van der Waals surface area contributed by atoms with E-state index in [4.69, 9.17) is 4.74 Å². The molecule has 4 rings (SSSR count). The number of aryl methyl sites for hydroxylation is 1. The highest BCUT2D eigenvalue weighted by molar-refractivity contribution is 7.94. The van der Waals surface area contributed by atoms with Crippen molar-refractivity contribution in [2.24, 2.45) is 0 Å². The van der Waals surface area contributed by atoms with Gasteiger partial charge in [-0.1, -0.05) is 18.2 Å². The van der Waals surface area contributed by atoms with Crippen molar-refractivity contribution >= 4 is 38.6 Å². The smallest absolute Gasteiger partial charge is 0.273 e. The van der Waals surface area contributed by atoms with Gasteiger partial charge in [-0.2, -0.15) is 0 Å². The van der Waals surface area contributed by atoms with Gasteiger partial charge in [0.05, 0.1) is 5.69 Å². The summed E-state index contributed by atoms with van der Waals surface area (Å²) in [7, 11) is -2.07. The predicted octanol–water partition coefficient (Wildman–Crippen LogP) is 4.47. The zero-order chi connectivity index (χ0) is 21.8. The van der Waals surface area contributed by atoms with Crippen molar-refractivity contribution < 1.29 is 17.9 Å². The molecule has 0 aliphatic heterocycles. The van der Waals surface area contributed by atoms with E-state index in [9.17, 15) is 13.2 Å². The minimum absolute atomic E-state index is 0.119. The molecule has 6 nitrogen and oxygen atoms in total. The Bertz CT molecular complexity index is 1160. The maximum Gasteiger partial charge on any atom is 0.273 e. The fraction of sp³-hybridized carbons (Fsp3) is 0.261. The minimum atomic E-state index is -3.58. The third kappa shape index (κ3) is 4.75. The molecule has 0 fully saturated rings. The van der Waals surface area contributed by atoms with Crippen LogP contribution in [0.15, 0.2) is 64.2 Å². The molecular weight excluding hydrogens is 432 g/mol. The monoisotopic (exact) mass is 456 g/mol. The highest BCUT2D eigenvalue weighted by atomic mass is 32.2. The van der Waals surface area contributed by atoms with Crippen LogP contribution in [0.5, 0.6) is 5.75 Å². The van der Waals surface area contributed by atoms with Crippen LogP contribution in [0.4, 0.5) is 11.4 Å². The summed E-state index contributed by atoms with van der Waals surface area (Å²) in [6, 6.07) is 16.0. The Labute approximate surface area is 186 Å². The molecule has 0 radical (unpaired) electrons. The van der Waals surface area contributed by atoms with Crippen molar-refractivity contribution in [3.63, 3.8) is 0 Å². The third-order valence-corrected chi connectivity index (χ3v) is 8.51. The fourth-order valence-corrected chi connectivity index (χ4v) is 6.03. The van der Waals surface area contributed by atoms with Crippen molar-refractivity contribution in [2.75, 3.05) is 23.3 Å². The van der Waals surface area contributed by atoms with Crippen LogP contribution in [0.1, 0.15) is 24.0 Å². The molecule has 0 atom stereocenters. The van der Waals surface area contributed by atoms with Crippen LogP contribution in [0.25, 0.3) is 0 Å². The lowest BCUT2D eigenvalue weighted by molar-refractivity contribution is -0.118. The molecule has 1 aromatic heterocycles. The zero-order valence-corrected chi connectivity index (χ0v) is 18.8.